The van der Waals surface area contributed by atoms with Gasteiger partial charge in [0.25, 0.3) is 0 Å². The van der Waals surface area contributed by atoms with Crippen LogP contribution in [0.5, 0.6) is 0 Å². The van der Waals surface area contributed by atoms with E-state index in [0.717, 1.165) is 25.9 Å². The van der Waals surface area contributed by atoms with Gasteiger partial charge in [0.15, 0.2) is 0 Å². The average molecular weight is 222 g/mol. The van der Waals surface area contributed by atoms with E-state index in [1.807, 2.05) is 12.3 Å². The summed E-state index contributed by atoms with van der Waals surface area (Å²) < 4.78 is 0. The Morgan fingerprint density at radius 3 is 3.06 bits per heavy atom. The molecule has 4 nitrogen and oxygen atoms in total. The second-order valence-electron chi connectivity index (χ2n) is 4.65. The molecule has 4 heteroatoms. The predicted molar refractivity (Wildman–Crippen MR) is 61.2 cm³/mol. The molecular formula is C12H18N2O2. The predicted octanol–water partition coefficient (Wildman–Crippen LogP) is 1.21. The van der Waals surface area contributed by atoms with Crippen molar-refractivity contribution in [3.63, 3.8) is 0 Å². The zero-order valence-corrected chi connectivity index (χ0v) is 9.52. The second-order valence-corrected chi connectivity index (χ2v) is 4.65. The Balaban J connectivity index is 1.66. The van der Waals surface area contributed by atoms with Crippen molar-refractivity contribution in [2.75, 3.05) is 20.1 Å². The standard InChI is InChI=1S/C12H18N2O2/c1-14(6-4-10-3-2-5-13-10)8-9-7-11(9)12(15)16/h2-3,5,9,11,13H,4,6-8H2,1H3,(H,15,16). The molecule has 16 heavy (non-hydrogen) atoms. The molecule has 0 aromatic carbocycles. The Morgan fingerprint density at radius 2 is 2.50 bits per heavy atom. The zero-order valence-electron chi connectivity index (χ0n) is 9.52. The van der Waals surface area contributed by atoms with E-state index in [4.69, 9.17) is 5.11 Å². The number of rotatable bonds is 6. The molecule has 0 saturated heterocycles. The minimum absolute atomic E-state index is 0.0899. The highest BCUT2D eigenvalue weighted by Crippen LogP contribution is 2.38. The average Bonchev–Trinajstić information content (AvgIpc) is 2.81. The van der Waals surface area contributed by atoms with Crippen LogP contribution < -0.4 is 0 Å². The number of nitrogens with one attached hydrogen (secondary N) is 1. The monoisotopic (exact) mass is 222 g/mol. The summed E-state index contributed by atoms with van der Waals surface area (Å²) in [6, 6.07) is 4.07. The highest BCUT2D eigenvalue weighted by molar-refractivity contribution is 5.73. The van der Waals surface area contributed by atoms with Crippen molar-refractivity contribution in [3.05, 3.63) is 24.0 Å². The fourth-order valence-corrected chi connectivity index (χ4v) is 2.08. The van der Waals surface area contributed by atoms with E-state index in [0.29, 0.717) is 5.92 Å². The number of H-pyrrole nitrogens is 1. The van der Waals surface area contributed by atoms with Gasteiger partial charge in [0.2, 0.25) is 0 Å². The molecule has 88 valence electrons. The van der Waals surface area contributed by atoms with Gasteiger partial charge in [-0.15, -0.1) is 0 Å². The molecule has 1 aliphatic rings. The van der Waals surface area contributed by atoms with Gasteiger partial charge in [-0.25, -0.2) is 0 Å². The Hall–Kier alpha value is -1.29. The largest absolute Gasteiger partial charge is 0.481 e. The minimum atomic E-state index is -0.636. The van der Waals surface area contributed by atoms with E-state index in [1.54, 1.807) is 0 Å². The Kier molecular flexibility index (Phi) is 3.29. The van der Waals surface area contributed by atoms with Crippen LogP contribution >= 0.6 is 0 Å². The van der Waals surface area contributed by atoms with E-state index in [-0.39, 0.29) is 5.92 Å². The number of likely N-dealkylation sites (N-methyl/N-ethyl adjacent to an activating group) is 1. The summed E-state index contributed by atoms with van der Waals surface area (Å²) in [5.41, 5.74) is 1.23. The van der Waals surface area contributed by atoms with Gasteiger partial charge in [-0.1, -0.05) is 0 Å². The summed E-state index contributed by atoms with van der Waals surface area (Å²) in [6.07, 6.45) is 3.77. The fourth-order valence-electron chi connectivity index (χ4n) is 2.08. The summed E-state index contributed by atoms with van der Waals surface area (Å²) >= 11 is 0. The van der Waals surface area contributed by atoms with Gasteiger partial charge in [0, 0.05) is 31.4 Å². The van der Waals surface area contributed by atoms with Crippen LogP contribution in [0.4, 0.5) is 0 Å². The van der Waals surface area contributed by atoms with Crippen molar-refractivity contribution < 1.29 is 9.90 Å². The number of hydrogen-bond donors (Lipinski definition) is 2. The summed E-state index contributed by atoms with van der Waals surface area (Å²) in [5.74, 6) is -0.359. The SMILES string of the molecule is CN(CCc1ccc[nH]1)CC1CC1C(=O)O. The molecule has 1 saturated carbocycles. The van der Waals surface area contributed by atoms with Gasteiger partial charge in [0.1, 0.15) is 0 Å². The Morgan fingerprint density at radius 1 is 1.69 bits per heavy atom. The lowest BCUT2D eigenvalue weighted by Crippen LogP contribution is -2.24. The molecule has 2 rings (SSSR count). The molecule has 0 radical (unpaired) electrons. The van der Waals surface area contributed by atoms with Gasteiger partial charge >= 0.3 is 5.97 Å². The van der Waals surface area contributed by atoms with Gasteiger partial charge in [-0.05, 0) is 31.5 Å². The van der Waals surface area contributed by atoms with Crippen molar-refractivity contribution in [1.82, 2.24) is 9.88 Å². The summed E-state index contributed by atoms with van der Waals surface area (Å²) in [6.45, 7) is 1.88. The topological polar surface area (TPSA) is 56.3 Å². The molecule has 0 aliphatic heterocycles. The number of carbonyl (C=O) groups is 1. The van der Waals surface area contributed by atoms with E-state index >= 15 is 0 Å². The summed E-state index contributed by atoms with van der Waals surface area (Å²) in [5, 5.41) is 8.79. The lowest BCUT2D eigenvalue weighted by molar-refractivity contribution is -0.138. The van der Waals surface area contributed by atoms with Gasteiger partial charge in [0.05, 0.1) is 5.92 Å². The molecule has 2 unspecified atom stereocenters. The maximum absolute atomic E-state index is 10.7. The first kappa shape index (κ1) is 11.2. The number of aromatic amines is 1. The number of hydrogen-bond acceptors (Lipinski definition) is 2. The zero-order chi connectivity index (χ0) is 11.5. The van der Waals surface area contributed by atoms with Gasteiger partial charge < -0.3 is 15.0 Å². The van der Waals surface area contributed by atoms with Crippen molar-refractivity contribution in [2.24, 2.45) is 11.8 Å². The van der Waals surface area contributed by atoms with Crippen molar-refractivity contribution >= 4 is 5.97 Å². The number of carboxylic acids is 1. The maximum atomic E-state index is 10.7. The number of nitrogens with zero attached hydrogens (tertiary/aromatic N) is 1. The van der Waals surface area contributed by atoms with Crippen molar-refractivity contribution in [3.8, 4) is 0 Å². The third-order valence-electron chi connectivity index (χ3n) is 3.21. The van der Waals surface area contributed by atoms with E-state index in [2.05, 4.69) is 23.0 Å². The van der Waals surface area contributed by atoms with Gasteiger partial charge in [-0.3, -0.25) is 4.79 Å². The van der Waals surface area contributed by atoms with Crippen LogP contribution in [0.1, 0.15) is 12.1 Å². The van der Waals surface area contributed by atoms with Crippen LogP contribution in [0.25, 0.3) is 0 Å². The third kappa shape index (κ3) is 2.85. The Labute approximate surface area is 95.3 Å². The fraction of sp³-hybridized carbons (Fsp3) is 0.583. The molecule has 2 N–H and O–H groups in total. The van der Waals surface area contributed by atoms with Gasteiger partial charge in [-0.2, -0.15) is 0 Å². The van der Waals surface area contributed by atoms with Crippen LogP contribution in [-0.4, -0.2) is 41.1 Å². The maximum Gasteiger partial charge on any atom is 0.306 e. The summed E-state index contributed by atoms with van der Waals surface area (Å²) in [7, 11) is 2.06. The Bertz CT molecular complexity index is 348. The molecule has 1 fully saturated rings. The first-order chi connectivity index (χ1) is 7.66. The lowest BCUT2D eigenvalue weighted by Gasteiger charge is -2.15. The smallest absolute Gasteiger partial charge is 0.306 e. The third-order valence-corrected chi connectivity index (χ3v) is 3.21. The van der Waals surface area contributed by atoms with Crippen LogP contribution in [0, 0.1) is 11.8 Å². The van der Waals surface area contributed by atoms with Crippen LogP contribution in [0.2, 0.25) is 0 Å². The molecule has 1 aromatic heterocycles. The molecule has 0 bridgehead atoms. The quantitative estimate of drug-likeness (QED) is 0.760. The molecular weight excluding hydrogens is 204 g/mol. The number of aliphatic carboxylic acids is 1. The van der Waals surface area contributed by atoms with E-state index in [9.17, 15) is 4.79 Å². The van der Waals surface area contributed by atoms with Crippen LogP contribution in [0.15, 0.2) is 18.3 Å². The lowest BCUT2D eigenvalue weighted by atomic mass is 10.2. The second kappa shape index (κ2) is 4.70. The summed E-state index contributed by atoms with van der Waals surface area (Å²) in [4.78, 5) is 16.1. The van der Waals surface area contributed by atoms with Crippen molar-refractivity contribution in [1.29, 1.82) is 0 Å². The van der Waals surface area contributed by atoms with E-state index in [1.165, 1.54) is 5.69 Å². The molecule has 1 heterocycles. The molecule has 1 aliphatic carbocycles. The first-order valence-electron chi connectivity index (χ1n) is 5.70. The first-order valence-corrected chi connectivity index (χ1v) is 5.70. The number of carboxylic acid groups (broad SMARTS) is 1. The van der Waals surface area contributed by atoms with E-state index < -0.39 is 5.97 Å². The highest BCUT2D eigenvalue weighted by Gasteiger charge is 2.43. The minimum Gasteiger partial charge on any atom is -0.481 e. The molecule has 1 aromatic rings. The number of aromatic nitrogens is 1. The van der Waals surface area contributed by atoms with Crippen LogP contribution in [0.3, 0.4) is 0 Å². The normalized spacial score (nSPS) is 23.6. The highest BCUT2D eigenvalue weighted by atomic mass is 16.4. The molecule has 2 atom stereocenters. The van der Waals surface area contributed by atoms with Crippen molar-refractivity contribution in [2.45, 2.75) is 12.8 Å². The molecule has 0 spiro atoms. The molecule has 0 amide bonds. The van der Waals surface area contributed by atoms with Crippen LogP contribution in [-0.2, 0) is 11.2 Å².